The van der Waals surface area contributed by atoms with Gasteiger partial charge < -0.3 is 15.3 Å². The van der Waals surface area contributed by atoms with Crippen molar-refractivity contribution in [3.63, 3.8) is 0 Å². The number of piperidine rings is 1. The van der Waals surface area contributed by atoms with E-state index >= 15 is 0 Å². The van der Waals surface area contributed by atoms with Crippen molar-refractivity contribution in [2.75, 3.05) is 26.2 Å². The molecule has 3 rings (SSSR count). The molecule has 1 aromatic rings. The smallest absolute Gasteiger partial charge is 0.230 e. The van der Waals surface area contributed by atoms with Gasteiger partial charge in [-0.2, -0.15) is 0 Å². The molecule has 2 N–H and O–H groups in total. The van der Waals surface area contributed by atoms with E-state index in [1.165, 1.54) is 12.1 Å². The minimum Gasteiger partial charge on any atom is -0.393 e. The molecule has 5 heteroatoms. The van der Waals surface area contributed by atoms with E-state index in [1.807, 2.05) is 0 Å². The Hall–Kier alpha value is -1.46. The maximum atomic E-state index is 13.2. The summed E-state index contributed by atoms with van der Waals surface area (Å²) in [5.41, 5.74) is 0.456. The van der Waals surface area contributed by atoms with Crippen LogP contribution in [0.2, 0.25) is 0 Å². The van der Waals surface area contributed by atoms with Gasteiger partial charge in [-0.25, -0.2) is 4.39 Å². The van der Waals surface area contributed by atoms with Crippen LogP contribution in [0.15, 0.2) is 24.3 Å². The lowest BCUT2D eigenvalue weighted by molar-refractivity contribution is -0.126. The number of nitrogens with zero attached hydrogens (tertiary/aromatic N) is 1. The topological polar surface area (TPSA) is 52.6 Å². The Morgan fingerprint density at radius 1 is 1.20 bits per heavy atom. The summed E-state index contributed by atoms with van der Waals surface area (Å²) in [6.45, 7) is 3.50. The molecule has 0 bridgehead atoms. The fourth-order valence-electron chi connectivity index (χ4n) is 4.21. The lowest BCUT2D eigenvalue weighted by atomic mass is 9.78. The van der Waals surface area contributed by atoms with Crippen LogP contribution in [0.5, 0.6) is 0 Å². The number of halogens is 1. The molecular formula is C20H29FN2O2. The number of hydrogen-bond acceptors (Lipinski definition) is 3. The number of likely N-dealkylation sites (tertiary alicyclic amines) is 1. The number of aliphatic hydroxyl groups excluding tert-OH is 1. The average molecular weight is 348 g/mol. The van der Waals surface area contributed by atoms with Gasteiger partial charge >= 0.3 is 0 Å². The normalized spacial score (nSPS) is 21.4. The number of nitrogens with one attached hydrogen (secondary N) is 1. The molecule has 0 spiro atoms. The summed E-state index contributed by atoms with van der Waals surface area (Å²) in [6.07, 6.45) is 6.24. The number of carbonyl (C=O) groups excluding carboxylic acids is 1. The minimum absolute atomic E-state index is 0.0886. The van der Waals surface area contributed by atoms with Crippen molar-refractivity contribution in [1.82, 2.24) is 10.2 Å². The van der Waals surface area contributed by atoms with Gasteiger partial charge in [0.25, 0.3) is 0 Å². The molecular weight excluding hydrogens is 319 g/mol. The van der Waals surface area contributed by atoms with Gasteiger partial charge in [-0.15, -0.1) is 0 Å². The summed E-state index contributed by atoms with van der Waals surface area (Å²) in [7, 11) is 0. The average Bonchev–Trinajstić information content (AvgIpc) is 3.12. The van der Waals surface area contributed by atoms with Crippen LogP contribution in [0.1, 0.15) is 50.5 Å². The molecule has 1 aromatic carbocycles. The molecule has 0 aromatic heterocycles. The SMILES string of the molecule is O=C(NCCCN1CCC(O)CC1)C1(c2ccc(F)cc2)CCCC1. The highest BCUT2D eigenvalue weighted by atomic mass is 19.1. The predicted octanol–water partition coefficient (Wildman–Crippen LogP) is 2.60. The molecule has 2 aliphatic rings. The largest absolute Gasteiger partial charge is 0.393 e. The summed E-state index contributed by atoms with van der Waals surface area (Å²) in [4.78, 5) is 15.2. The first-order valence-corrected chi connectivity index (χ1v) is 9.55. The molecule has 2 fully saturated rings. The Balaban J connectivity index is 1.51. The summed E-state index contributed by atoms with van der Waals surface area (Å²) in [5.74, 6) is -0.172. The van der Waals surface area contributed by atoms with Gasteiger partial charge in [0.15, 0.2) is 0 Å². The molecule has 0 radical (unpaired) electrons. The summed E-state index contributed by atoms with van der Waals surface area (Å²) in [6, 6.07) is 6.43. The third kappa shape index (κ3) is 4.39. The first kappa shape index (κ1) is 18.3. The van der Waals surface area contributed by atoms with Crippen LogP contribution >= 0.6 is 0 Å². The fraction of sp³-hybridized carbons (Fsp3) is 0.650. The van der Waals surface area contributed by atoms with Gasteiger partial charge in [0.05, 0.1) is 11.5 Å². The van der Waals surface area contributed by atoms with Gasteiger partial charge in [0, 0.05) is 19.6 Å². The number of carbonyl (C=O) groups is 1. The number of rotatable bonds is 6. The van der Waals surface area contributed by atoms with Crippen molar-refractivity contribution in [3.8, 4) is 0 Å². The Labute approximate surface area is 149 Å². The second-order valence-electron chi connectivity index (χ2n) is 7.48. The van der Waals surface area contributed by atoms with Gasteiger partial charge in [-0.3, -0.25) is 4.79 Å². The third-order valence-corrected chi connectivity index (χ3v) is 5.78. The Bertz CT molecular complexity index is 562. The summed E-state index contributed by atoms with van der Waals surface area (Å²) < 4.78 is 13.2. The van der Waals surface area contributed by atoms with Crippen molar-refractivity contribution >= 4 is 5.91 Å². The van der Waals surface area contributed by atoms with E-state index in [0.717, 1.165) is 70.1 Å². The first-order chi connectivity index (χ1) is 12.1. The molecule has 4 nitrogen and oxygen atoms in total. The first-order valence-electron chi connectivity index (χ1n) is 9.55. The lowest BCUT2D eigenvalue weighted by Crippen LogP contribution is -2.44. The molecule has 138 valence electrons. The van der Waals surface area contributed by atoms with E-state index in [-0.39, 0.29) is 17.8 Å². The Morgan fingerprint density at radius 2 is 1.84 bits per heavy atom. The van der Waals surface area contributed by atoms with Crippen LogP contribution in [-0.4, -0.2) is 48.2 Å². The second kappa shape index (κ2) is 8.28. The highest BCUT2D eigenvalue weighted by Crippen LogP contribution is 2.41. The van der Waals surface area contributed by atoms with Gasteiger partial charge in [-0.1, -0.05) is 25.0 Å². The molecule has 1 amide bonds. The zero-order chi connectivity index (χ0) is 17.7. The molecule has 0 atom stereocenters. The van der Waals surface area contributed by atoms with Gasteiger partial charge in [0.2, 0.25) is 5.91 Å². The zero-order valence-corrected chi connectivity index (χ0v) is 14.8. The van der Waals surface area contributed by atoms with Crippen molar-refractivity contribution < 1.29 is 14.3 Å². The van der Waals surface area contributed by atoms with Crippen molar-refractivity contribution in [3.05, 3.63) is 35.6 Å². The van der Waals surface area contributed by atoms with Crippen LogP contribution in [0, 0.1) is 5.82 Å². The number of aliphatic hydroxyl groups is 1. The van der Waals surface area contributed by atoms with E-state index < -0.39 is 5.41 Å². The van der Waals surface area contributed by atoms with E-state index in [4.69, 9.17) is 0 Å². The van der Waals surface area contributed by atoms with Crippen LogP contribution in [0.25, 0.3) is 0 Å². The van der Waals surface area contributed by atoms with E-state index in [0.29, 0.717) is 6.54 Å². The number of amides is 1. The Kier molecular flexibility index (Phi) is 6.07. The van der Waals surface area contributed by atoms with Crippen LogP contribution in [-0.2, 0) is 10.2 Å². The maximum absolute atomic E-state index is 13.2. The summed E-state index contributed by atoms with van der Waals surface area (Å²) >= 11 is 0. The number of benzene rings is 1. The fourth-order valence-corrected chi connectivity index (χ4v) is 4.21. The maximum Gasteiger partial charge on any atom is 0.230 e. The molecule has 1 saturated heterocycles. The predicted molar refractivity (Wildman–Crippen MR) is 95.9 cm³/mol. The molecule has 1 aliphatic heterocycles. The van der Waals surface area contributed by atoms with Crippen LogP contribution in [0.3, 0.4) is 0 Å². The van der Waals surface area contributed by atoms with Crippen LogP contribution in [0.4, 0.5) is 4.39 Å². The molecule has 1 aliphatic carbocycles. The molecule has 25 heavy (non-hydrogen) atoms. The van der Waals surface area contributed by atoms with Crippen LogP contribution < -0.4 is 5.32 Å². The highest BCUT2D eigenvalue weighted by Gasteiger charge is 2.42. The quantitative estimate of drug-likeness (QED) is 0.777. The molecule has 1 heterocycles. The zero-order valence-electron chi connectivity index (χ0n) is 14.8. The second-order valence-corrected chi connectivity index (χ2v) is 7.48. The van der Waals surface area contributed by atoms with Crippen molar-refractivity contribution in [1.29, 1.82) is 0 Å². The standard InChI is InChI=1S/C20H29FN2O2/c21-17-6-4-16(5-7-17)20(10-1-2-11-20)19(25)22-12-3-13-23-14-8-18(24)9-15-23/h4-7,18,24H,1-3,8-15H2,(H,22,25). The van der Waals surface area contributed by atoms with E-state index in [2.05, 4.69) is 10.2 Å². The van der Waals surface area contributed by atoms with Gasteiger partial charge in [0.1, 0.15) is 5.82 Å². The van der Waals surface area contributed by atoms with Crippen molar-refractivity contribution in [2.45, 2.75) is 56.5 Å². The minimum atomic E-state index is -0.483. The third-order valence-electron chi connectivity index (χ3n) is 5.78. The van der Waals surface area contributed by atoms with Crippen molar-refractivity contribution in [2.24, 2.45) is 0 Å². The Morgan fingerprint density at radius 3 is 2.48 bits per heavy atom. The molecule has 0 unspecified atom stereocenters. The number of hydrogen-bond donors (Lipinski definition) is 2. The van der Waals surface area contributed by atoms with Gasteiger partial charge in [-0.05, 0) is 56.3 Å². The lowest BCUT2D eigenvalue weighted by Gasteiger charge is -2.30. The van der Waals surface area contributed by atoms with E-state index in [1.54, 1.807) is 12.1 Å². The monoisotopic (exact) mass is 348 g/mol. The highest BCUT2D eigenvalue weighted by molar-refractivity contribution is 5.88. The van der Waals surface area contributed by atoms with E-state index in [9.17, 15) is 14.3 Å². The summed E-state index contributed by atoms with van der Waals surface area (Å²) in [5, 5.41) is 12.7. The molecule has 1 saturated carbocycles.